The van der Waals surface area contributed by atoms with Gasteiger partial charge in [-0.1, -0.05) is 24.3 Å². The van der Waals surface area contributed by atoms with Crippen LogP contribution in [0.25, 0.3) is 0 Å². The maximum absolute atomic E-state index is 10.9. The highest BCUT2D eigenvalue weighted by Gasteiger charge is 2.23. The molecule has 0 aliphatic heterocycles. The van der Waals surface area contributed by atoms with Crippen LogP contribution in [0.15, 0.2) is 33.5 Å². The minimum absolute atomic E-state index is 0.230. The summed E-state index contributed by atoms with van der Waals surface area (Å²) in [5, 5.41) is 6.23. The van der Waals surface area contributed by atoms with E-state index in [1.807, 2.05) is 6.07 Å². The molecule has 4 heteroatoms. The summed E-state index contributed by atoms with van der Waals surface area (Å²) in [5.74, 6) is 0.308. The number of nitrogens with one attached hydrogen (secondary N) is 1. The van der Waals surface area contributed by atoms with Crippen molar-refractivity contribution < 1.29 is 4.42 Å². The average molecular weight is 216 g/mol. The summed E-state index contributed by atoms with van der Waals surface area (Å²) in [4.78, 5) is 10.9. The van der Waals surface area contributed by atoms with Crippen LogP contribution in [0.1, 0.15) is 29.4 Å². The minimum Gasteiger partial charge on any atom is -0.392 e. The van der Waals surface area contributed by atoms with Gasteiger partial charge in [-0.2, -0.15) is 0 Å². The van der Waals surface area contributed by atoms with Crippen LogP contribution in [-0.2, 0) is 12.8 Å². The van der Waals surface area contributed by atoms with Gasteiger partial charge in [0.2, 0.25) is 5.89 Å². The van der Waals surface area contributed by atoms with Gasteiger partial charge < -0.3 is 4.42 Å². The summed E-state index contributed by atoms with van der Waals surface area (Å²) in [6.07, 6.45) is 2.92. The van der Waals surface area contributed by atoms with E-state index in [0.717, 1.165) is 19.3 Å². The third-order valence-corrected chi connectivity index (χ3v) is 3.15. The van der Waals surface area contributed by atoms with E-state index in [1.54, 1.807) is 0 Å². The highest BCUT2D eigenvalue weighted by atomic mass is 16.4. The molecule has 0 saturated heterocycles. The van der Waals surface area contributed by atoms with Crippen molar-refractivity contribution in [3.8, 4) is 0 Å². The number of nitrogens with zero attached hydrogens (tertiary/aromatic N) is 1. The lowest BCUT2D eigenvalue weighted by atomic mass is 9.84. The molecule has 16 heavy (non-hydrogen) atoms. The van der Waals surface area contributed by atoms with E-state index in [4.69, 9.17) is 4.42 Å². The zero-order valence-corrected chi connectivity index (χ0v) is 8.77. The molecule has 0 saturated carbocycles. The summed E-state index contributed by atoms with van der Waals surface area (Å²) in [7, 11) is 0. The average Bonchev–Trinajstić information content (AvgIpc) is 2.75. The molecule has 1 atom stereocenters. The van der Waals surface area contributed by atoms with E-state index in [1.165, 1.54) is 11.1 Å². The van der Waals surface area contributed by atoms with Crippen molar-refractivity contribution in [2.75, 3.05) is 0 Å². The highest BCUT2D eigenvalue weighted by Crippen LogP contribution is 2.30. The Kier molecular flexibility index (Phi) is 2.13. The lowest BCUT2D eigenvalue weighted by molar-refractivity contribution is 0.400. The molecule has 0 fully saturated rings. The fraction of sp³-hybridized carbons (Fsp3) is 0.333. The number of rotatable bonds is 1. The van der Waals surface area contributed by atoms with Gasteiger partial charge in [0, 0.05) is 5.92 Å². The fourth-order valence-electron chi connectivity index (χ4n) is 2.32. The molecule has 1 N–H and O–H groups in total. The first-order chi connectivity index (χ1) is 7.83. The zero-order chi connectivity index (χ0) is 11.0. The largest absolute Gasteiger partial charge is 0.434 e. The monoisotopic (exact) mass is 216 g/mol. The second-order valence-electron chi connectivity index (χ2n) is 4.16. The molecule has 1 unspecified atom stereocenters. The van der Waals surface area contributed by atoms with Crippen molar-refractivity contribution in [1.82, 2.24) is 10.2 Å². The predicted octanol–water partition coefficient (Wildman–Crippen LogP) is 1.64. The first kappa shape index (κ1) is 9.39. The Hall–Kier alpha value is -1.84. The molecule has 1 aromatic carbocycles. The number of fused-ring (bicyclic) bond motifs is 1. The van der Waals surface area contributed by atoms with Crippen molar-refractivity contribution in [2.24, 2.45) is 0 Å². The fourth-order valence-corrected chi connectivity index (χ4v) is 2.32. The van der Waals surface area contributed by atoms with E-state index >= 15 is 0 Å². The van der Waals surface area contributed by atoms with Crippen LogP contribution >= 0.6 is 0 Å². The number of aromatic nitrogens is 2. The van der Waals surface area contributed by atoms with Gasteiger partial charge in [-0.05, 0) is 30.4 Å². The molecule has 3 rings (SSSR count). The van der Waals surface area contributed by atoms with E-state index in [2.05, 4.69) is 28.4 Å². The first-order valence-corrected chi connectivity index (χ1v) is 5.45. The molecule has 0 bridgehead atoms. The Morgan fingerprint density at radius 2 is 2.12 bits per heavy atom. The Morgan fingerprint density at radius 3 is 2.88 bits per heavy atom. The maximum atomic E-state index is 10.9. The quantitative estimate of drug-likeness (QED) is 0.788. The summed E-state index contributed by atoms with van der Waals surface area (Å²) in [6.45, 7) is 0. The van der Waals surface area contributed by atoms with Gasteiger partial charge >= 0.3 is 5.76 Å². The number of benzene rings is 1. The highest BCUT2D eigenvalue weighted by molar-refractivity contribution is 5.31. The standard InChI is InChI=1S/C12H12N2O2/c15-12-14-13-11(16-12)10-6-5-8-3-1-2-4-9(8)7-10/h1-4,10H,5-7H2,(H,14,15). The number of hydrogen-bond donors (Lipinski definition) is 1. The summed E-state index contributed by atoms with van der Waals surface area (Å²) in [5.41, 5.74) is 2.74. The number of aromatic amines is 1. The van der Waals surface area contributed by atoms with E-state index < -0.39 is 5.76 Å². The van der Waals surface area contributed by atoms with Crippen LogP contribution < -0.4 is 5.76 Å². The Labute approximate surface area is 92.3 Å². The van der Waals surface area contributed by atoms with E-state index in [-0.39, 0.29) is 5.92 Å². The summed E-state index contributed by atoms with van der Waals surface area (Å²) >= 11 is 0. The van der Waals surface area contributed by atoms with Gasteiger partial charge in [-0.15, -0.1) is 5.10 Å². The second kappa shape index (κ2) is 3.63. The number of H-pyrrole nitrogens is 1. The molecule has 1 heterocycles. The first-order valence-electron chi connectivity index (χ1n) is 5.45. The van der Waals surface area contributed by atoms with Crippen LogP contribution in [0.3, 0.4) is 0 Å². The lowest BCUT2D eigenvalue weighted by Gasteiger charge is -2.21. The Morgan fingerprint density at radius 1 is 1.31 bits per heavy atom. The molecule has 0 spiro atoms. The van der Waals surface area contributed by atoms with Gasteiger partial charge in [0.15, 0.2) is 0 Å². The lowest BCUT2D eigenvalue weighted by Crippen LogP contribution is -2.13. The van der Waals surface area contributed by atoms with Crippen molar-refractivity contribution >= 4 is 0 Å². The maximum Gasteiger partial charge on any atom is 0.434 e. The van der Waals surface area contributed by atoms with Crippen LogP contribution in [0.5, 0.6) is 0 Å². The Bertz CT molecular complexity index is 556. The van der Waals surface area contributed by atoms with Gasteiger partial charge in [-0.25, -0.2) is 9.89 Å². The molecule has 1 aliphatic rings. The molecular formula is C12H12N2O2. The molecule has 1 aromatic heterocycles. The van der Waals surface area contributed by atoms with E-state index in [0.29, 0.717) is 5.89 Å². The van der Waals surface area contributed by atoms with Crippen molar-refractivity contribution in [1.29, 1.82) is 0 Å². The number of hydrogen-bond acceptors (Lipinski definition) is 3. The summed E-state index contributed by atoms with van der Waals surface area (Å²) in [6, 6.07) is 8.40. The molecule has 0 radical (unpaired) electrons. The van der Waals surface area contributed by atoms with Gasteiger partial charge in [0.25, 0.3) is 0 Å². The van der Waals surface area contributed by atoms with Gasteiger partial charge in [-0.3, -0.25) is 0 Å². The molecule has 1 aliphatic carbocycles. The third kappa shape index (κ3) is 1.56. The van der Waals surface area contributed by atoms with Gasteiger partial charge in [0.05, 0.1) is 0 Å². The predicted molar refractivity (Wildman–Crippen MR) is 58.3 cm³/mol. The third-order valence-electron chi connectivity index (χ3n) is 3.15. The Balaban J connectivity index is 1.90. The topological polar surface area (TPSA) is 58.9 Å². The molecule has 2 aromatic rings. The SMILES string of the molecule is O=c1[nH]nc(C2CCc3ccccc3C2)o1. The molecular weight excluding hydrogens is 204 g/mol. The van der Waals surface area contributed by atoms with Crippen LogP contribution in [0.2, 0.25) is 0 Å². The second-order valence-corrected chi connectivity index (χ2v) is 4.16. The van der Waals surface area contributed by atoms with Crippen molar-refractivity contribution in [3.05, 3.63) is 51.8 Å². The molecule has 4 nitrogen and oxygen atoms in total. The zero-order valence-electron chi connectivity index (χ0n) is 8.77. The summed E-state index contributed by atoms with van der Waals surface area (Å²) < 4.78 is 5.02. The smallest absolute Gasteiger partial charge is 0.392 e. The minimum atomic E-state index is -0.464. The normalized spacial score (nSPS) is 19.4. The van der Waals surface area contributed by atoms with Crippen molar-refractivity contribution in [2.45, 2.75) is 25.2 Å². The van der Waals surface area contributed by atoms with Crippen LogP contribution in [0, 0.1) is 0 Å². The van der Waals surface area contributed by atoms with Crippen LogP contribution in [0.4, 0.5) is 0 Å². The molecule has 0 amide bonds. The number of aryl methyl sites for hydroxylation is 1. The van der Waals surface area contributed by atoms with E-state index in [9.17, 15) is 4.79 Å². The van der Waals surface area contributed by atoms with Crippen LogP contribution in [-0.4, -0.2) is 10.2 Å². The van der Waals surface area contributed by atoms with Crippen molar-refractivity contribution in [3.63, 3.8) is 0 Å². The van der Waals surface area contributed by atoms with Gasteiger partial charge in [0.1, 0.15) is 0 Å². The molecule has 82 valence electrons.